The number of aromatic amines is 1. The molecule has 0 atom stereocenters. The van der Waals surface area contributed by atoms with Crippen molar-refractivity contribution < 1.29 is 14.0 Å². The van der Waals surface area contributed by atoms with E-state index in [2.05, 4.69) is 15.6 Å². The normalized spacial score (nSPS) is 14.6. The molecule has 0 saturated carbocycles. The third kappa shape index (κ3) is 3.06. The van der Waals surface area contributed by atoms with Crippen molar-refractivity contribution in [2.75, 3.05) is 18.4 Å². The summed E-state index contributed by atoms with van der Waals surface area (Å²) in [7, 11) is 0. The maximum absolute atomic E-state index is 13.5. The lowest BCUT2D eigenvalue weighted by Crippen LogP contribution is -2.29. The zero-order valence-corrected chi connectivity index (χ0v) is 14.0. The van der Waals surface area contributed by atoms with Crippen molar-refractivity contribution in [2.24, 2.45) is 5.73 Å². The molecule has 3 rings (SSSR count). The summed E-state index contributed by atoms with van der Waals surface area (Å²) in [6.45, 7) is 4.32. The largest absolute Gasteiger partial charge is 0.358 e. The molecule has 0 fully saturated rings. The lowest BCUT2D eigenvalue weighted by atomic mass is 10.0. The Bertz CT molecular complexity index is 899. The Labute approximate surface area is 144 Å². The van der Waals surface area contributed by atoms with Crippen LogP contribution < -0.4 is 16.4 Å². The highest BCUT2D eigenvalue weighted by molar-refractivity contribution is 6.34. The van der Waals surface area contributed by atoms with Crippen molar-refractivity contribution in [2.45, 2.75) is 13.8 Å². The predicted octanol–water partition coefficient (Wildman–Crippen LogP) is 1.95. The number of carbonyl (C=O) groups excluding carboxylic acids is 2. The first-order valence-electron chi connectivity index (χ1n) is 7.92. The number of fused-ring (bicyclic) bond motifs is 1. The Kier molecular flexibility index (Phi) is 4.41. The Hall–Kier alpha value is -2.93. The quantitative estimate of drug-likeness (QED) is 0.639. The summed E-state index contributed by atoms with van der Waals surface area (Å²) in [6.07, 6.45) is 1.64. The van der Waals surface area contributed by atoms with Crippen LogP contribution in [-0.2, 0) is 4.79 Å². The standard InChI is InChI=1S/C18H19FN4O2/c1-9-15(22-10(2)16(9)18(25)21-6-5-20)8-13-12-7-11(19)3-4-14(12)23-17(13)24/h3-4,7-8,22H,5-6,20H2,1-2H3,(H,21,25)(H,23,24)/b13-8+. The van der Waals surface area contributed by atoms with Crippen LogP contribution in [0.2, 0.25) is 0 Å². The van der Waals surface area contributed by atoms with Crippen molar-refractivity contribution in [1.82, 2.24) is 10.3 Å². The van der Waals surface area contributed by atoms with Crippen LogP contribution in [0, 0.1) is 19.7 Å². The van der Waals surface area contributed by atoms with Gasteiger partial charge in [-0.2, -0.15) is 0 Å². The van der Waals surface area contributed by atoms with Crippen LogP contribution in [0.25, 0.3) is 11.6 Å². The number of halogens is 1. The lowest BCUT2D eigenvalue weighted by molar-refractivity contribution is -0.110. The van der Waals surface area contributed by atoms with Gasteiger partial charge in [-0.15, -0.1) is 0 Å². The van der Waals surface area contributed by atoms with Crippen molar-refractivity contribution in [3.63, 3.8) is 0 Å². The molecule has 1 aliphatic rings. The summed E-state index contributed by atoms with van der Waals surface area (Å²) in [4.78, 5) is 27.6. The van der Waals surface area contributed by atoms with E-state index in [-0.39, 0.29) is 11.8 Å². The molecule has 7 heteroatoms. The van der Waals surface area contributed by atoms with Crippen LogP contribution in [0.1, 0.15) is 32.9 Å². The Morgan fingerprint density at radius 1 is 1.36 bits per heavy atom. The number of H-pyrrole nitrogens is 1. The molecule has 0 radical (unpaired) electrons. The molecule has 5 N–H and O–H groups in total. The maximum Gasteiger partial charge on any atom is 0.256 e. The minimum Gasteiger partial charge on any atom is -0.358 e. The monoisotopic (exact) mass is 342 g/mol. The molecule has 25 heavy (non-hydrogen) atoms. The van der Waals surface area contributed by atoms with Gasteiger partial charge in [0.15, 0.2) is 0 Å². The lowest BCUT2D eigenvalue weighted by Gasteiger charge is -2.04. The van der Waals surface area contributed by atoms with Gasteiger partial charge < -0.3 is 21.4 Å². The first kappa shape index (κ1) is 16.9. The summed E-state index contributed by atoms with van der Waals surface area (Å²) in [5, 5.41) is 5.44. The van der Waals surface area contributed by atoms with E-state index >= 15 is 0 Å². The first-order chi connectivity index (χ1) is 11.9. The van der Waals surface area contributed by atoms with E-state index in [4.69, 9.17) is 5.73 Å². The number of nitrogens with two attached hydrogens (primary N) is 1. The minimum atomic E-state index is -0.414. The van der Waals surface area contributed by atoms with Gasteiger partial charge in [-0.3, -0.25) is 9.59 Å². The van der Waals surface area contributed by atoms with Gasteiger partial charge >= 0.3 is 0 Å². The zero-order chi connectivity index (χ0) is 18.1. The van der Waals surface area contributed by atoms with E-state index in [1.807, 2.05) is 0 Å². The van der Waals surface area contributed by atoms with E-state index in [0.717, 1.165) is 5.56 Å². The SMILES string of the molecule is Cc1[nH]c(/C=C2/C(=O)Nc3ccc(F)cc32)c(C)c1C(=O)NCCN. The van der Waals surface area contributed by atoms with E-state index in [1.54, 1.807) is 19.9 Å². The van der Waals surface area contributed by atoms with Crippen molar-refractivity contribution in [1.29, 1.82) is 0 Å². The van der Waals surface area contributed by atoms with Gasteiger partial charge in [0, 0.05) is 35.7 Å². The Morgan fingerprint density at radius 2 is 2.12 bits per heavy atom. The second-order valence-electron chi connectivity index (χ2n) is 5.91. The number of hydrogen-bond acceptors (Lipinski definition) is 3. The summed E-state index contributed by atoms with van der Waals surface area (Å²) < 4.78 is 13.5. The molecule has 0 aliphatic carbocycles. The molecule has 1 aliphatic heterocycles. The van der Waals surface area contributed by atoms with E-state index in [9.17, 15) is 14.0 Å². The number of hydrogen-bond donors (Lipinski definition) is 4. The highest BCUT2D eigenvalue weighted by Crippen LogP contribution is 2.34. The molecule has 0 unspecified atom stereocenters. The molecular formula is C18H19FN4O2. The average Bonchev–Trinajstić information content (AvgIpc) is 3.02. The summed E-state index contributed by atoms with van der Waals surface area (Å²) in [5.74, 6) is -0.938. The molecule has 1 aromatic carbocycles. The smallest absolute Gasteiger partial charge is 0.256 e. The van der Waals surface area contributed by atoms with Gasteiger partial charge in [0.2, 0.25) is 0 Å². The van der Waals surface area contributed by atoms with Crippen molar-refractivity contribution >= 4 is 29.2 Å². The van der Waals surface area contributed by atoms with E-state index in [0.29, 0.717) is 46.9 Å². The van der Waals surface area contributed by atoms with Crippen molar-refractivity contribution in [3.8, 4) is 0 Å². The highest BCUT2D eigenvalue weighted by Gasteiger charge is 2.26. The second kappa shape index (κ2) is 6.52. The van der Waals surface area contributed by atoms with Crippen LogP contribution in [0.15, 0.2) is 18.2 Å². The van der Waals surface area contributed by atoms with E-state index in [1.165, 1.54) is 18.2 Å². The Balaban J connectivity index is 2.02. The molecule has 2 amide bonds. The summed E-state index contributed by atoms with van der Waals surface area (Å²) in [5.41, 5.74) is 9.41. The fourth-order valence-corrected chi connectivity index (χ4v) is 2.98. The number of rotatable bonds is 4. The van der Waals surface area contributed by atoms with Gasteiger partial charge in [-0.1, -0.05) is 0 Å². The third-order valence-electron chi connectivity index (χ3n) is 4.19. The highest BCUT2D eigenvalue weighted by atomic mass is 19.1. The number of carbonyl (C=O) groups is 2. The topological polar surface area (TPSA) is 100 Å². The fraction of sp³-hybridized carbons (Fsp3) is 0.222. The molecule has 2 heterocycles. The molecule has 0 bridgehead atoms. The molecule has 0 spiro atoms. The van der Waals surface area contributed by atoms with Crippen LogP contribution in [-0.4, -0.2) is 29.9 Å². The molecule has 130 valence electrons. The van der Waals surface area contributed by atoms with Gasteiger partial charge in [-0.25, -0.2) is 4.39 Å². The zero-order valence-electron chi connectivity index (χ0n) is 14.0. The average molecular weight is 342 g/mol. The third-order valence-corrected chi connectivity index (χ3v) is 4.19. The predicted molar refractivity (Wildman–Crippen MR) is 94.6 cm³/mol. The number of nitrogens with one attached hydrogen (secondary N) is 3. The summed E-state index contributed by atoms with van der Waals surface area (Å²) in [6, 6.07) is 4.15. The Morgan fingerprint density at radius 3 is 2.84 bits per heavy atom. The van der Waals surface area contributed by atoms with Crippen LogP contribution in [0.5, 0.6) is 0 Å². The van der Waals surface area contributed by atoms with Gasteiger partial charge in [0.05, 0.1) is 11.1 Å². The maximum atomic E-state index is 13.5. The number of benzene rings is 1. The number of aromatic nitrogens is 1. The van der Waals surface area contributed by atoms with Crippen molar-refractivity contribution in [3.05, 3.63) is 52.1 Å². The molecule has 0 saturated heterocycles. The van der Waals surface area contributed by atoms with E-state index < -0.39 is 5.82 Å². The molecular weight excluding hydrogens is 323 g/mol. The number of aryl methyl sites for hydroxylation is 1. The molecule has 1 aromatic heterocycles. The second-order valence-corrected chi connectivity index (χ2v) is 5.91. The van der Waals surface area contributed by atoms with Gasteiger partial charge in [0.25, 0.3) is 11.8 Å². The fourth-order valence-electron chi connectivity index (χ4n) is 2.98. The molecule has 6 nitrogen and oxygen atoms in total. The van der Waals surface area contributed by atoms with Gasteiger partial charge in [-0.05, 0) is 43.7 Å². The van der Waals surface area contributed by atoms with Crippen LogP contribution >= 0.6 is 0 Å². The number of amides is 2. The minimum absolute atomic E-state index is 0.219. The first-order valence-corrected chi connectivity index (χ1v) is 7.92. The van der Waals surface area contributed by atoms with Gasteiger partial charge in [0.1, 0.15) is 5.82 Å². The van der Waals surface area contributed by atoms with Crippen LogP contribution in [0.4, 0.5) is 10.1 Å². The summed E-state index contributed by atoms with van der Waals surface area (Å²) >= 11 is 0. The number of anilines is 1. The molecule has 2 aromatic rings. The van der Waals surface area contributed by atoms with Crippen LogP contribution in [0.3, 0.4) is 0 Å².